The molecule has 0 bridgehead atoms. The summed E-state index contributed by atoms with van der Waals surface area (Å²) in [6.07, 6.45) is 0. The van der Waals surface area contributed by atoms with Crippen LogP contribution in [0.1, 0.15) is 35.3 Å². The standard InChI is InChI=1S/C26H34N4O4S2/c1-5-28(6-2)11-12-30(26-27-23-17-19(3)20(4)18-24(23)35-26)25(31)21-7-9-22(10-8-21)36(32,33)29-13-15-34-16-14-29/h7-10,17-18H,5-6,11-16H2,1-4H3. The molecule has 1 aliphatic heterocycles. The summed E-state index contributed by atoms with van der Waals surface area (Å²) in [6, 6.07) is 10.4. The minimum Gasteiger partial charge on any atom is -0.379 e. The number of anilines is 1. The molecule has 4 rings (SSSR count). The van der Waals surface area contributed by atoms with E-state index in [1.807, 2.05) is 0 Å². The topological polar surface area (TPSA) is 83.1 Å². The average molecular weight is 531 g/mol. The van der Waals surface area contributed by atoms with Gasteiger partial charge in [0, 0.05) is 31.7 Å². The van der Waals surface area contributed by atoms with Gasteiger partial charge in [-0.2, -0.15) is 4.31 Å². The summed E-state index contributed by atoms with van der Waals surface area (Å²) in [7, 11) is -3.62. The predicted octanol–water partition coefficient (Wildman–Crippen LogP) is 3.92. The number of amides is 1. The average Bonchev–Trinajstić information content (AvgIpc) is 3.29. The van der Waals surface area contributed by atoms with Crippen LogP contribution in [-0.4, -0.2) is 81.0 Å². The number of ether oxygens (including phenoxy) is 1. The first-order chi connectivity index (χ1) is 17.2. The molecule has 36 heavy (non-hydrogen) atoms. The number of thiazole rings is 1. The van der Waals surface area contributed by atoms with E-state index in [1.165, 1.54) is 33.3 Å². The molecule has 1 aromatic heterocycles. The van der Waals surface area contributed by atoms with E-state index in [1.54, 1.807) is 17.0 Å². The maximum atomic E-state index is 13.7. The Morgan fingerprint density at radius 3 is 2.31 bits per heavy atom. The van der Waals surface area contributed by atoms with Crippen molar-refractivity contribution in [2.45, 2.75) is 32.6 Å². The summed E-state index contributed by atoms with van der Waals surface area (Å²) >= 11 is 1.51. The van der Waals surface area contributed by atoms with Crippen molar-refractivity contribution in [1.82, 2.24) is 14.2 Å². The molecule has 10 heteroatoms. The summed E-state index contributed by atoms with van der Waals surface area (Å²) in [4.78, 5) is 22.7. The fraction of sp³-hybridized carbons (Fsp3) is 0.462. The largest absolute Gasteiger partial charge is 0.379 e. The van der Waals surface area contributed by atoms with Crippen molar-refractivity contribution in [3.63, 3.8) is 0 Å². The fourth-order valence-corrected chi connectivity index (χ4v) is 6.69. The number of aromatic nitrogens is 1. The molecule has 0 saturated carbocycles. The van der Waals surface area contributed by atoms with Crippen LogP contribution < -0.4 is 4.90 Å². The lowest BCUT2D eigenvalue weighted by Crippen LogP contribution is -2.40. The number of carbonyl (C=O) groups excluding carboxylic acids is 1. The van der Waals surface area contributed by atoms with Crippen molar-refractivity contribution in [2.24, 2.45) is 0 Å². The molecule has 1 saturated heterocycles. The lowest BCUT2D eigenvalue weighted by Gasteiger charge is -2.26. The van der Waals surface area contributed by atoms with Gasteiger partial charge in [0.15, 0.2) is 5.13 Å². The highest BCUT2D eigenvalue weighted by Gasteiger charge is 2.27. The van der Waals surface area contributed by atoms with Crippen molar-refractivity contribution in [2.75, 3.05) is 57.4 Å². The lowest BCUT2D eigenvalue weighted by molar-refractivity contribution is 0.0730. The number of fused-ring (bicyclic) bond motifs is 1. The van der Waals surface area contributed by atoms with Gasteiger partial charge >= 0.3 is 0 Å². The number of nitrogens with zero attached hydrogens (tertiary/aromatic N) is 4. The van der Waals surface area contributed by atoms with E-state index in [4.69, 9.17) is 9.72 Å². The Kier molecular flexibility index (Phi) is 8.41. The summed E-state index contributed by atoms with van der Waals surface area (Å²) in [5, 5.41) is 0.650. The molecule has 2 aromatic carbocycles. The Morgan fingerprint density at radius 1 is 1.03 bits per heavy atom. The van der Waals surface area contributed by atoms with Crippen molar-refractivity contribution in [1.29, 1.82) is 0 Å². The Balaban J connectivity index is 1.63. The molecular formula is C26H34N4O4S2. The van der Waals surface area contributed by atoms with E-state index < -0.39 is 10.0 Å². The maximum absolute atomic E-state index is 13.7. The highest BCUT2D eigenvalue weighted by atomic mass is 32.2. The maximum Gasteiger partial charge on any atom is 0.260 e. The SMILES string of the molecule is CCN(CC)CCN(C(=O)c1ccc(S(=O)(=O)N2CCOCC2)cc1)c1nc2cc(C)c(C)cc2s1. The molecule has 1 aliphatic rings. The Hall–Kier alpha value is -2.37. The first kappa shape index (κ1) is 26.7. The molecular weight excluding hydrogens is 496 g/mol. The molecule has 3 aromatic rings. The number of hydrogen-bond donors (Lipinski definition) is 0. The van der Waals surface area contributed by atoms with Crippen molar-refractivity contribution < 1.29 is 17.9 Å². The Bertz CT molecular complexity index is 1270. The van der Waals surface area contributed by atoms with Gasteiger partial charge in [-0.15, -0.1) is 0 Å². The van der Waals surface area contributed by atoms with Gasteiger partial charge in [-0.25, -0.2) is 13.4 Å². The van der Waals surface area contributed by atoms with Crippen LogP contribution in [0.25, 0.3) is 10.2 Å². The van der Waals surface area contributed by atoms with Crippen LogP contribution in [-0.2, 0) is 14.8 Å². The number of aryl methyl sites for hydroxylation is 2. The number of hydrogen-bond acceptors (Lipinski definition) is 7. The second-order valence-electron chi connectivity index (χ2n) is 8.93. The second-order valence-corrected chi connectivity index (χ2v) is 11.9. The third kappa shape index (κ3) is 5.63. The summed E-state index contributed by atoms with van der Waals surface area (Å²) in [5.41, 5.74) is 3.67. The summed E-state index contributed by atoms with van der Waals surface area (Å²) < 4.78 is 33.7. The van der Waals surface area contributed by atoms with Gasteiger partial charge in [-0.05, 0) is 74.5 Å². The Morgan fingerprint density at radius 2 is 1.67 bits per heavy atom. The molecule has 0 unspecified atom stereocenters. The van der Waals surface area contributed by atoms with Gasteiger partial charge in [0.05, 0.1) is 28.3 Å². The zero-order chi connectivity index (χ0) is 25.9. The minimum absolute atomic E-state index is 0.182. The van der Waals surface area contributed by atoms with E-state index in [0.717, 1.165) is 35.4 Å². The van der Waals surface area contributed by atoms with E-state index in [9.17, 15) is 13.2 Å². The van der Waals surface area contributed by atoms with Crippen LogP contribution in [0.3, 0.4) is 0 Å². The zero-order valence-electron chi connectivity index (χ0n) is 21.4. The first-order valence-corrected chi connectivity index (χ1v) is 14.6. The van der Waals surface area contributed by atoms with E-state index >= 15 is 0 Å². The smallest absolute Gasteiger partial charge is 0.260 e. The van der Waals surface area contributed by atoms with Crippen LogP contribution in [0.5, 0.6) is 0 Å². The highest BCUT2D eigenvalue weighted by Crippen LogP contribution is 2.32. The molecule has 0 atom stereocenters. The fourth-order valence-electron chi connectivity index (χ4n) is 4.21. The molecule has 1 fully saturated rings. The number of morpholine rings is 1. The van der Waals surface area contributed by atoms with Crippen LogP contribution in [0.15, 0.2) is 41.3 Å². The third-order valence-corrected chi connectivity index (χ3v) is 9.67. The minimum atomic E-state index is -3.62. The van der Waals surface area contributed by atoms with E-state index in [0.29, 0.717) is 43.5 Å². The van der Waals surface area contributed by atoms with E-state index in [-0.39, 0.29) is 10.8 Å². The number of carbonyl (C=O) groups is 1. The number of sulfonamides is 1. The molecule has 0 radical (unpaired) electrons. The molecule has 8 nitrogen and oxygen atoms in total. The first-order valence-electron chi connectivity index (χ1n) is 12.3. The summed E-state index contributed by atoms with van der Waals surface area (Å²) in [5.74, 6) is -0.190. The predicted molar refractivity (Wildman–Crippen MR) is 145 cm³/mol. The van der Waals surface area contributed by atoms with Crippen LogP contribution in [0, 0.1) is 13.8 Å². The van der Waals surface area contributed by atoms with Crippen molar-refractivity contribution >= 4 is 42.6 Å². The second kappa shape index (κ2) is 11.4. The number of likely N-dealkylation sites (N-methyl/N-ethyl adjacent to an activating group) is 1. The van der Waals surface area contributed by atoms with Gasteiger partial charge < -0.3 is 9.64 Å². The number of benzene rings is 2. The van der Waals surface area contributed by atoms with Gasteiger partial charge in [-0.3, -0.25) is 9.69 Å². The quantitative estimate of drug-likeness (QED) is 0.417. The molecule has 0 N–H and O–H groups in total. The normalized spacial score (nSPS) is 15.0. The molecule has 2 heterocycles. The third-order valence-electron chi connectivity index (χ3n) is 6.71. The van der Waals surface area contributed by atoms with Gasteiger partial charge in [0.2, 0.25) is 10.0 Å². The van der Waals surface area contributed by atoms with Crippen LogP contribution in [0.2, 0.25) is 0 Å². The van der Waals surface area contributed by atoms with Crippen molar-refractivity contribution in [3.05, 3.63) is 53.1 Å². The van der Waals surface area contributed by atoms with Gasteiger partial charge in [0.25, 0.3) is 5.91 Å². The monoisotopic (exact) mass is 530 g/mol. The molecule has 0 spiro atoms. The van der Waals surface area contributed by atoms with Crippen molar-refractivity contribution in [3.8, 4) is 0 Å². The highest BCUT2D eigenvalue weighted by molar-refractivity contribution is 7.89. The molecule has 194 valence electrons. The number of rotatable bonds is 9. The lowest BCUT2D eigenvalue weighted by atomic mass is 10.1. The molecule has 1 amide bonds. The molecule has 0 aliphatic carbocycles. The van der Waals surface area contributed by atoms with Crippen LogP contribution >= 0.6 is 11.3 Å². The van der Waals surface area contributed by atoms with E-state index in [2.05, 4.69) is 44.7 Å². The Labute approximate surface area is 217 Å². The zero-order valence-corrected chi connectivity index (χ0v) is 23.0. The van der Waals surface area contributed by atoms with Crippen LogP contribution in [0.4, 0.5) is 5.13 Å². The van der Waals surface area contributed by atoms with Gasteiger partial charge in [-0.1, -0.05) is 25.2 Å². The van der Waals surface area contributed by atoms with Gasteiger partial charge in [0.1, 0.15) is 0 Å². The summed E-state index contributed by atoms with van der Waals surface area (Å²) in [6.45, 7) is 12.8.